The molecule has 2 atom stereocenters. The zero-order valence-corrected chi connectivity index (χ0v) is 12.0. The van der Waals surface area contributed by atoms with Crippen LogP contribution in [-0.4, -0.2) is 30.5 Å². The minimum Gasteiger partial charge on any atom is -0.480 e. The lowest BCUT2D eigenvalue weighted by atomic mass is 10.0. The van der Waals surface area contributed by atoms with E-state index in [2.05, 4.69) is 0 Å². The predicted octanol–water partition coefficient (Wildman–Crippen LogP) is 1.94. The maximum atomic E-state index is 12.5. The molecule has 0 bridgehead atoms. The molecule has 108 valence electrons. The average molecular weight is 317 g/mol. The average Bonchev–Trinajstić information content (AvgIpc) is 2.74. The summed E-state index contributed by atoms with van der Waals surface area (Å²) in [5, 5.41) is 7.88. The summed E-state index contributed by atoms with van der Waals surface area (Å²) in [7, 11) is -4.07. The molecule has 2 unspecified atom stereocenters. The third-order valence-electron chi connectivity index (χ3n) is 3.41. The Morgan fingerprint density at radius 3 is 2.60 bits per heavy atom. The maximum Gasteiger partial charge on any atom is 0.322 e. The van der Waals surface area contributed by atoms with Gasteiger partial charge < -0.3 is 5.11 Å². The minimum absolute atomic E-state index is 0.00321. The summed E-state index contributed by atoms with van der Waals surface area (Å²) in [4.78, 5) is 22.5. The highest BCUT2D eigenvalue weighted by Crippen LogP contribution is 2.32. The first-order chi connectivity index (χ1) is 9.32. The van der Waals surface area contributed by atoms with Gasteiger partial charge in [0.1, 0.15) is 5.78 Å². The molecule has 0 amide bonds. The Morgan fingerprint density at radius 1 is 1.40 bits per heavy atom. The summed E-state index contributed by atoms with van der Waals surface area (Å²) in [5.74, 6) is -2.20. The largest absolute Gasteiger partial charge is 0.480 e. The van der Waals surface area contributed by atoms with Gasteiger partial charge >= 0.3 is 5.97 Å². The van der Waals surface area contributed by atoms with E-state index >= 15 is 0 Å². The molecular formula is C13H13ClO5S. The Bertz CT molecular complexity index is 652. The van der Waals surface area contributed by atoms with Crippen LogP contribution >= 0.6 is 11.6 Å². The fourth-order valence-corrected chi connectivity index (χ4v) is 4.59. The highest BCUT2D eigenvalue weighted by molar-refractivity contribution is 7.92. The van der Waals surface area contributed by atoms with Crippen molar-refractivity contribution in [3.05, 3.63) is 29.3 Å². The summed E-state index contributed by atoms with van der Waals surface area (Å²) < 4.78 is 24.9. The van der Waals surface area contributed by atoms with Crippen LogP contribution in [0, 0.1) is 5.92 Å². The lowest BCUT2D eigenvalue weighted by molar-refractivity contribution is -0.137. The van der Waals surface area contributed by atoms with Crippen molar-refractivity contribution >= 4 is 33.2 Å². The Balaban J connectivity index is 2.43. The molecule has 1 aromatic carbocycles. The number of carboxylic acid groups (broad SMARTS) is 1. The van der Waals surface area contributed by atoms with E-state index in [0.29, 0.717) is 0 Å². The topological polar surface area (TPSA) is 88.5 Å². The fourth-order valence-electron chi connectivity index (χ4n) is 2.48. The number of ketones is 1. The molecule has 1 N–H and O–H groups in total. The van der Waals surface area contributed by atoms with Gasteiger partial charge in [0.05, 0.1) is 4.90 Å². The van der Waals surface area contributed by atoms with Gasteiger partial charge in [-0.25, -0.2) is 8.42 Å². The van der Waals surface area contributed by atoms with Crippen molar-refractivity contribution < 1.29 is 23.1 Å². The molecule has 1 fully saturated rings. The van der Waals surface area contributed by atoms with Gasteiger partial charge in [-0.3, -0.25) is 9.59 Å². The number of halogens is 1. The van der Waals surface area contributed by atoms with Crippen LogP contribution in [0.3, 0.4) is 0 Å². The molecule has 1 aliphatic carbocycles. The second kappa shape index (κ2) is 5.54. The van der Waals surface area contributed by atoms with Crippen molar-refractivity contribution in [3.63, 3.8) is 0 Å². The van der Waals surface area contributed by atoms with Crippen LogP contribution in [0.15, 0.2) is 29.2 Å². The van der Waals surface area contributed by atoms with Crippen molar-refractivity contribution in [2.45, 2.75) is 29.4 Å². The first kappa shape index (κ1) is 15.0. The van der Waals surface area contributed by atoms with Crippen LogP contribution < -0.4 is 0 Å². The number of carbonyl (C=O) groups is 2. The molecule has 7 heteroatoms. The first-order valence-electron chi connectivity index (χ1n) is 6.06. The lowest BCUT2D eigenvalue weighted by Crippen LogP contribution is -2.36. The van der Waals surface area contributed by atoms with E-state index in [4.69, 9.17) is 11.6 Å². The monoisotopic (exact) mass is 316 g/mol. The molecule has 0 heterocycles. The van der Waals surface area contributed by atoms with Crippen molar-refractivity contribution in [2.75, 3.05) is 0 Å². The Hall–Kier alpha value is -1.40. The lowest BCUT2D eigenvalue weighted by Gasteiger charge is -2.19. The van der Waals surface area contributed by atoms with Gasteiger partial charge in [0.15, 0.2) is 15.1 Å². The number of carboxylic acids is 1. The SMILES string of the molecule is O=C1CCC(C(C(=O)O)S(=O)(=O)c2cccc(Cl)c2)C1. The van der Waals surface area contributed by atoms with Gasteiger partial charge in [0.2, 0.25) is 0 Å². The van der Waals surface area contributed by atoms with Crippen LogP contribution in [0.25, 0.3) is 0 Å². The van der Waals surface area contributed by atoms with Crippen molar-refractivity contribution in [3.8, 4) is 0 Å². The number of sulfone groups is 1. The van der Waals surface area contributed by atoms with Crippen LogP contribution in [-0.2, 0) is 19.4 Å². The summed E-state index contributed by atoms with van der Waals surface area (Å²) in [6.07, 6.45) is 0.520. The van der Waals surface area contributed by atoms with Gasteiger partial charge in [0.25, 0.3) is 0 Å². The number of hydrogen-bond acceptors (Lipinski definition) is 4. The number of hydrogen-bond donors (Lipinski definition) is 1. The molecule has 0 radical (unpaired) electrons. The Morgan fingerprint density at radius 2 is 2.10 bits per heavy atom. The molecule has 20 heavy (non-hydrogen) atoms. The number of Topliss-reactive ketones (excluding diaryl/α,β-unsaturated/α-hetero) is 1. The normalized spacial score (nSPS) is 20.9. The van der Waals surface area contributed by atoms with E-state index in [-0.39, 0.29) is 35.0 Å². The number of benzene rings is 1. The van der Waals surface area contributed by atoms with E-state index < -0.39 is 27.0 Å². The van der Waals surface area contributed by atoms with Crippen molar-refractivity contribution in [1.29, 1.82) is 0 Å². The van der Waals surface area contributed by atoms with E-state index in [1.807, 2.05) is 0 Å². The van der Waals surface area contributed by atoms with Crippen LogP contribution in [0.1, 0.15) is 19.3 Å². The second-order valence-corrected chi connectivity index (χ2v) is 7.31. The molecule has 1 aromatic rings. The molecule has 0 saturated heterocycles. The number of aliphatic carboxylic acids is 1. The van der Waals surface area contributed by atoms with Gasteiger partial charge in [-0.05, 0) is 30.5 Å². The number of rotatable bonds is 4. The van der Waals surface area contributed by atoms with Crippen molar-refractivity contribution in [2.24, 2.45) is 5.92 Å². The van der Waals surface area contributed by atoms with Crippen LogP contribution in [0.5, 0.6) is 0 Å². The maximum absolute atomic E-state index is 12.5. The van der Waals surface area contributed by atoms with Crippen molar-refractivity contribution in [1.82, 2.24) is 0 Å². The zero-order valence-electron chi connectivity index (χ0n) is 10.5. The summed E-state index contributed by atoms with van der Waals surface area (Å²) in [6.45, 7) is 0. The zero-order chi connectivity index (χ0) is 14.9. The van der Waals surface area contributed by atoms with E-state index in [1.54, 1.807) is 0 Å². The molecule has 2 rings (SSSR count). The summed E-state index contributed by atoms with van der Waals surface area (Å²) in [5.41, 5.74) is 0. The van der Waals surface area contributed by atoms with Crippen LogP contribution in [0.2, 0.25) is 5.02 Å². The smallest absolute Gasteiger partial charge is 0.322 e. The summed E-state index contributed by atoms with van der Waals surface area (Å²) in [6, 6.07) is 5.50. The molecule has 1 saturated carbocycles. The third kappa shape index (κ3) is 2.86. The fraction of sp³-hybridized carbons (Fsp3) is 0.385. The molecule has 1 aliphatic rings. The highest BCUT2D eigenvalue weighted by Gasteiger charge is 2.43. The number of carbonyl (C=O) groups excluding carboxylic acids is 1. The summed E-state index contributed by atoms with van der Waals surface area (Å²) >= 11 is 5.75. The van der Waals surface area contributed by atoms with Gasteiger partial charge in [-0.2, -0.15) is 0 Å². The van der Waals surface area contributed by atoms with E-state index in [9.17, 15) is 23.1 Å². The highest BCUT2D eigenvalue weighted by atomic mass is 35.5. The molecule has 5 nitrogen and oxygen atoms in total. The third-order valence-corrected chi connectivity index (χ3v) is 5.82. The predicted molar refractivity (Wildman–Crippen MR) is 72.4 cm³/mol. The van der Waals surface area contributed by atoms with Gasteiger partial charge in [-0.1, -0.05) is 17.7 Å². The van der Waals surface area contributed by atoms with E-state index in [0.717, 1.165) is 0 Å². The minimum atomic E-state index is -4.07. The van der Waals surface area contributed by atoms with Gasteiger partial charge in [0, 0.05) is 17.9 Å². The van der Waals surface area contributed by atoms with Crippen LogP contribution in [0.4, 0.5) is 0 Å². The van der Waals surface area contributed by atoms with E-state index in [1.165, 1.54) is 24.3 Å². The molecular weight excluding hydrogens is 304 g/mol. The Labute approximate surface area is 121 Å². The first-order valence-corrected chi connectivity index (χ1v) is 7.99. The molecule has 0 spiro atoms. The molecule has 0 aromatic heterocycles. The van der Waals surface area contributed by atoms with Gasteiger partial charge in [-0.15, -0.1) is 0 Å². The second-order valence-electron chi connectivity index (χ2n) is 4.80. The standard InChI is InChI=1S/C13H13ClO5S/c14-9-2-1-3-11(7-9)20(18,19)12(13(16)17)8-4-5-10(15)6-8/h1-3,7-8,12H,4-6H2,(H,16,17). The molecule has 0 aliphatic heterocycles. The quantitative estimate of drug-likeness (QED) is 0.917. The Kier molecular flexibility index (Phi) is 4.15.